The fourth-order valence-electron chi connectivity index (χ4n) is 2.50. The number of carbonyl (C=O) groups is 1. The molecule has 3 aromatic rings. The molecule has 0 saturated carbocycles. The minimum atomic E-state index is 0.0568. The molecule has 0 aliphatic rings. The maximum absolute atomic E-state index is 12.5. The van der Waals surface area contributed by atoms with Crippen LogP contribution in [0.4, 0.5) is 0 Å². The lowest BCUT2D eigenvalue weighted by Crippen LogP contribution is -2.27. The summed E-state index contributed by atoms with van der Waals surface area (Å²) in [5.41, 5.74) is 2.21. The molecule has 25 heavy (non-hydrogen) atoms. The topological polar surface area (TPSA) is 46.1 Å². The van der Waals surface area contributed by atoms with Crippen LogP contribution in [0.2, 0.25) is 5.02 Å². The van der Waals surface area contributed by atoms with Crippen LogP contribution in [-0.4, -0.2) is 33.6 Å². The minimum absolute atomic E-state index is 0.0568. The van der Waals surface area contributed by atoms with E-state index in [4.69, 9.17) is 11.6 Å². The van der Waals surface area contributed by atoms with E-state index in [2.05, 4.69) is 23.8 Å². The zero-order valence-corrected chi connectivity index (χ0v) is 16.6. The van der Waals surface area contributed by atoms with Crippen molar-refractivity contribution < 1.29 is 4.79 Å². The number of hydrogen-bond acceptors (Lipinski definition) is 5. The molecule has 0 N–H and O–H groups in total. The number of thioether (sulfide) groups is 1. The number of nitrogens with zero attached hydrogens (tertiary/aromatic N) is 3. The van der Waals surface area contributed by atoms with Crippen molar-refractivity contribution >= 4 is 50.8 Å². The molecule has 0 saturated heterocycles. The van der Waals surface area contributed by atoms with Gasteiger partial charge in [0.15, 0.2) is 0 Å². The molecular formula is C18H18ClN3OS2. The molecule has 0 aliphatic carbocycles. The Morgan fingerprint density at radius 3 is 2.88 bits per heavy atom. The van der Waals surface area contributed by atoms with Gasteiger partial charge in [0.05, 0.1) is 5.75 Å². The molecule has 0 atom stereocenters. The third-order valence-corrected chi connectivity index (χ3v) is 6.32. The van der Waals surface area contributed by atoms with Crippen LogP contribution in [0.1, 0.15) is 16.0 Å². The molecule has 0 bridgehead atoms. The molecule has 0 unspecified atom stereocenters. The van der Waals surface area contributed by atoms with Crippen LogP contribution in [0.15, 0.2) is 35.6 Å². The molecule has 2 heterocycles. The first-order valence-corrected chi connectivity index (χ1v) is 9.95. The van der Waals surface area contributed by atoms with Gasteiger partial charge in [-0.15, -0.1) is 11.3 Å². The zero-order valence-electron chi connectivity index (χ0n) is 14.2. The summed E-state index contributed by atoms with van der Waals surface area (Å²) in [7, 11) is 1.80. The predicted molar refractivity (Wildman–Crippen MR) is 106 cm³/mol. The number of amides is 1. The van der Waals surface area contributed by atoms with Gasteiger partial charge in [0.25, 0.3) is 0 Å². The van der Waals surface area contributed by atoms with Crippen molar-refractivity contribution in [2.45, 2.75) is 25.4 Å². The van der Waals surface area contributed by atoms with E-state index in [0.29, 0.717) is 17.3 Å². The Hall–Kier alpha value is -1.63. The smallest absolute Gasteiger partial charge is 0.233 e. The molecule has 2 aromatic heterocycles. The summed E-state index contributed by atoms with van der Waals surface area (Å²) in [5, 5.41) is 2.62. The number of thiophene rings is 1. The van der Waals surface area contributed by atoms with Gasteiger partial charge in [0.1, 0.15) is 16.2 Å². The lowest BCUT2D eigenvalue weighted by molar-refractivity contribution is -0.127. The van der Waals surface area contributed by atoms with E-state index in [1.165, 1.54) is 22.2 Å². The third-order valence-electron chi connectivity index (χ3n) is 4.00. The quantitative estimate of drug-likeness (QED) is 0.466. The Morgan fingerprint density at radius 1 is 1.32 bits per heavy atom. The van der Waals surface area contributed by atoms with Crippen molar-refractivity contribution in [2.75, 3.05) is 12.8 Å². The van der Waals surface area contributed by atoms with E-state index in [9.17, 15) is 4.79 Å². The van der Waals surface area contributed by atoms with Gasteiger partial charge in [0.2, 0.25) is 5.91 Å². The van der Waals surface area contributed by atoms with Gasteiger partial charge in [-0.05, 0) is 37.1 Å². The second kappa shape index (κ2) is 7.72. The van der Waals surface area contributed by atoms with Gasteiger partial charge in [-0.1, -0.05) is 35.5 Å². The molecular weight excluding hydrogens is 374 g/mol. The first-order chi connectivity index (χ1) is 12.0. The highest BCUT2D eigenvalue weighted by Crippen LogP contribution is 2.34. The molecule has 0 aliphatic heterocycles. The molecule has 4 nitrogen and oxygen atoms in total. The highest BCUT2D eigenvalue weighted by Gasteiger charge is 2.15. The molecule has 1 amide bonds. The number of aromatic nitrogens is 2. The van der Waals surface area contributed by atoms with Crippen LogP contribution in [0.5, 0.6) is 0 Å². The number of hydrogen-bond donors (Lipinski definition) is 0. The summed E-state index contributed by atoms with van der Waals surface area (Å²) in [5.74, 6) is 0.402. The van der Waals surface area contributed by atoms with E-state index in [-0.39, 0.29) is 5.91 Å². The second-order valence-corrected chi connectivity index (χ2v) is 8.41. The Kier molecular flexibility index (Phi) is 5.61. The van der Waals surface area contributed by atoms with Crippen LogP contribution in [0, 0.1) is 13.8 Å². The average molecular weight is 392 g/mol. The lowest BCUT2D eigenvalue weighted by Gasteiger charge is -2.17. The fourth-order valence-corrected chi connectivity index (χ4v) is 4.77. The van der Waals surface area contributed by atoms with Crippen LogP contribution < -0.4 is 0 Å². The SMILES string of the molecule is Cc1sc2ncnc(SCC(=O)N(C)Cc3cccc(Cl)c3)c2c1C. The Balaban J connectivity index is 1.68. The van der Waals surface area contributed by atoms with E-state index < -0.39 is 0 Å². The van der Waals surface area contributed by atoms with E-state index >= 15 is 0 Å². The third kappa shape index (κ3) is 4.14. The largest absolute Gasteiger partial charge is 0.341 e. The molecule has 130 valence electrons. The standard InChI is InChI=1S/C18H18ClN3OS2/c1-11-12(2)25-18-16(11)17(20-10-21-18)24-9-15(23)22(3)8-13-5-4-6-14(19)7-13/h4-7,10H,8-9H2,1-3H3. The minimum Gasteiger partial charge on any atom is -0.341 e. The van der Waals surface area contributed by atoms with Gasteiger partial charge in [0, 0.05) is 28.9 Å². The van der Waals surface area contributed by atoms with Crippen molar-refractivity contribution in [3.63, 3.8) is 0 Å². The highest BCUT2D eigenvalue weighted by molar-refractivity contribution is 8.00. The number of rotatable bonds is 5. The average Bonchev–Trinajstić information content (AvgIpc) is 2.87. The summed E-state index contributed by atoms with van der Waals surface area (Å²) < 4.78 is 0. The van der Waals surface area contributed by atoms with Gasteiger partial charge < -0.3 is 4.90 Å². The molecule has 0 fully saturated rings. The first-order valence-electron chi connectivity index (χ1n) is 7.77. The molecule has 1 aromatic carbocycles. The van der Waals surface area contributed by atoms with Crippen LogP contribution in [0.25, 0.3) is 10.2 Å². The molecule has 0 radical (unpaired) electrons. The van der Waals surface area contributed by atoms with Gasteiger partial charge in [-0.3, -0.25) is 4.79 Å². The number of halogens is 1. The maximum atomic E-state index is 12.5. The van der Waals surface area contributed by atoms with Crippen molar-refractivity contribution in [2.24, 2.45) is 0 Å². The van der Waals surface area contributed by atoms with Crippen molar-refractivity contribution in [3.8, 4) is 0 Å². The molecule has 3 rings (SSSR count). The predicted octanol–water partition coefficient (Wildman–Crippen LogP) is 4.71. The van der Waals surface area contributed by atoms with Crippen LogP contribution >= 0.6 is 34.7 Å². The van der Waals surface area contributed by atoms with Crippen molar-refractivity contribution in [1.29, 1.82) is 0 Å². The molecule has 7 heteroatoms. The number of benzene rings is 1. The monoisotopic (exact) mass is 391 g/mol. The Bertz CT molecular complexity index is 926. The number of aryl methyl sites for hydroxylation is 2. The second-order valence-electron chi connectivity index (χ2n) is 5.81. The summed E-state index contributed by atoms with van der Waals surface area (Å²) in [4.78, 5) is 25.1. The maximum Gasteiger partial charge on any atom is 0.233 e. The van der Waals surface area contributed by atoms with Gasteiger partial charge in [-0.2, -0.15) is 0 Å². The van der Waals surface area contributed by atoms with Crippen molar-refractivity contribution in [3.05, 3.63) is 51.6 Å². The number of fused-ring (bicyclic) bond motifs is 1. The highest BCUT2D eigenvalue weighted by atomic mass is 35.5. The Morgan fingerprint density at radius 2 is 2.12 bits per heavy atom. The van der Waals surface area contributed by atoms with Crippen LogP contribution in [-0.2, 0) is 11.3 Å². The van der Waals surface area contributed by atoms with Crippen molar-refractivity contribution in [1.82, 2.24) is 14.9 Å². The summed E-state index contributed by atoms with van der Waals surface area (Å²) in [6.07, 6.45) is 1.57. The van der Waals surface area contributed by atoms with E-state index in [0.717, 1.165) is 20.8 Å². The Labute approximate surface area is 160 Å². The summed E-state index contributed by atoms with van der Waals surface area (Å²) >= 11 is 9.13. The number of carbonyl (C=O) groups excluding carboxylic acids is 1. The molecule has 0 spiro atoms. The van der Waals surface area contributed by atoms with Crippen LogP contribution in [0.3, 0.4) is 0 Å². The van der Waals surface area contributed by atoms with Gasteiger partial charge in [-0.25, -0.2) is 9.97 Å². The lowest BCUT2D eigenvalue weighted by atomic mass is 10.2. The van der Waals surface area contributed by atoms with Gasteiger partial charge >= 0.3 is 0 Å². The fraction of sp³-hybridized carbons (Fsp3) is 0.278. The normalized spacial score (nSPS) is 11.0. The van der Waals surface area contributed by atoms with E-state index in [1.54, 1.807) is 29.6 Å². The summed E-state index contributed by atoms with van der Waals surface area (Å²) in [6.45, 7) is 4.70. The van der Waals surface area contributed by atoms with E-state index in [1.807, 2.05) is 24.3 Å². The summed E-state index contributed by atoms with van der Waals surface area (Å²) in [6, 6.07) is 7.57. The zero-order chi connectivity index (χ0) is 18.0. The first kappa shape index (κ1) is 18.2.